The first kappa shape index (κ1) is 24.1. The number of piperazine rings is 1. The number of fused-ring (bicyclic) bond motifs is 3. The fourth-order valence-electron chi connectivity index (χ4n) is 5.23. The molecule has 0 aliphatic carbocycles. The lowest BCUT2D eigenvalue weighted by atomic mass is 10.1. The number of nitrogens with one attached hydrogen (secondary N) is 1. The second-order valence-electron chi connectivity index (χ2n) is 10.8. The van der Waals surface area contributed by atoms with E-state index in [2.05, 4.69) is 20.2 Å². The number of anilines is 2. The molecule has 2 atom stereocenters. The van der Waals surface area contributed by atoms with E-state index in [0.29, 0.717) is 31.0 Å². The van der Waals surface area contributed by atoms with E-state index in [-0.39, 0.29) is 24.0 Å². The zero-order chi connectivity index (χ0) is 26.4. The molecule has 2 unspecified atom stereocenters. The number of carbonyl (C=O) groups excluding carboxylic acids is 1. The van der Waals surface area contributed by atoms with Gasteiger partial charge in [-0.25, -0.2) is 24.1 Å². The van der Waals surface area contributed by atoms with E-state index in [1.165, 1.54) is 6.07 Å². The van der Waals surface area contributed by atoms with Crippen molar-refractivity contribution < 1.29 is 13.9 Å². The quantitative estimate of drug-likeness (QED) is 0.411. The first-order chi connectivity index (χ1) is 18.2. The van der Waals surface area contributed by atoms with Crippen molar-refractivity contribution in [3.05, 3.63) is 72.4 Å². The van der Waals surface area contributed by atoms with Gasteiger partial charge in [-0.1, -0.05) is 18.2 Å². The van der Waals surface area contributed by atoms with Gasteiger partial charge in [0, 0.05) is 55.4 Å². The molecule has 1 N–H and O–H groups in total. The van der Waals surface area contributed by atoms with Crippen LogP contribution in [0.25, 0.3) is 16.9 Å². The van der Waals surface area contributed by atoms with Gasteiger partial charge < -0.3 is 19.9 Å². The van der Waals surface area contributed by atoms with Crippen LogP contribution in [0.5, 0.6) is 0 Å². The van der Waals surface area contributed by atoms with Gasteiger partial charge in [-0.2, -0.15) is 0 Å². The van der Waals surface area contributed by atoms with Crippen LogP contribution in [-0.2, 0) is 11.3 Å². The van der Waals surface area contributed by atoms with E-state index in [4.69, 9.17) is 9.72 Å². The number of likely N-dealkylation sites (tertiary alicyclic amines) is 1. The zero-order valence-corrected chi connectivity index (χ0v) is 21.6. The summed E-state index contributed by atoms with van der Waals surface area (Å²) in [5.41, 5.74) is 2.48. The number of nitrogens with zero attached hydrogens (tertiary/aromatic N) is 6. The molecular formula is C28H30FN7O2. The number of hydrogen-bond donors (Lipinski definition) is 1. The molecule has 4 aromatic rings. The van der Waals surface area contributed by atoms with Gasteiger partial charge in [0.2, 0.25) is 5.95 Å². The van der Waals surface area contributed by atoms with E-state index in [0.717, 1.165) is 29.3 Å². The molecule has 38 heavy (non-hydrogen) atoms. The van der Waals surface area contributed by atoms with Crippen LogP contribution in [-0.4, -0.2) is 61.1 Å². The predicted octanol–water partition coefficient (Wildman–Crippen LogP) is 4.74. The Morgan fingerprint density at radius 2 is 1.95 bits per heavy atom. The van der Waals surface area contributed by atoms with Crippen molar-refractivity contribution in [2.75, 3.05) is 23.3 Å². The van der Waals surface area contributed by atoms with Gasteiger partial charge in [-0.3, -0.25) is 4.40 Å². The summed E-state index contributed by atoms with van der Waals surface area (Å²) in [4.78, 5) is 30.8. The fourth-order valence-corrected chi connectivity index (χ4v) is 5.23. The highest BCUT2D eigenvalue weighted by Crippen LogP contribution is 2.36. The molecule has 1 aromatic carbocycles. The van der Waals surface area contributed by atoms with Crippen LogP contribution in [0.1, 0.15) is 32.8 Å². The van der Waals surface area contributed by atoms with Crippen LogP contribution in [0.3, 0.4) is 0 Å². The molecule has 10 heteroatoms. The van der Waals surface area contributed by atoms with Crippen LogP contribution in [0.2, 0.25) is 0 Å². The van der Waals surface area contributed by atoms with Crippen molar-refractivity contribution in [2.45, 2.75) is 51.4 Å². The maximum atomic E-state index is 14.0. The van der Waals surface area contributed by atoms with Crippen LogP contribution >= 0.6 is 0 Å². The van der Waals surface area contributed by atoms with E-state index in [9.17, 15) is 9.18 Å². The first-order valence-corrected chi connectivity index (χ1v) is 12.8. The Bertz CT molecular complexity index is 1500. The highest BCUT2D eigenvalue weighted by atomic mass is 19.1. The largest absolute Gasteiger partial charge is 0.444 e. The minimum Gasteiger partial charge on any atom is -0.444 e. The van der Waals surface area contributed by atoms with Crippen molar-refractivity contribution in [2.24, 2.45) is 0 Å². The number of imidazole rings is 1. The molecule has 5 heterocycles. The molecule has 2 fully saturated rings. The lowest BCUT2D eigenvalue weighted by molar-refractivity contribution is 0.0214. The van der Waals surface area contributed by atoms with Crippen molar-refractivity contribution in [1.29, 1.82) is 0 Å². The normalized spacial score (nSPS) is 18.8. The summed E-state index contributed by atoms with van der Waals surface area (Å²) in [5.74, 6) is 1.17. The number of carbonyl (C=O) groups is 1. The number of benzene rings is 1. The minimum atomic E-state index is -0.523. The van der Waals surface area contributed by atoms with Gasteiger partial charge in [0.15, 0.2) is 0 Å². The maximum absolute atomic E-state index is 14.0. The predicted molar refractivity (Wildman–Crippen MR) is 142 cm³/mol. The van der Waals surface area contributed by atoms with Crippen LogP contribution in [0.4, 0.5) is 21.0 Å². The summed E-state index contributed by atoms with van der Waals surface area (Å²) < 4.78 is 21.6. The molecular weight excluding hydrogens is 485 g/mol. The molecule has 2 aliphatic heterocycles. The third-order valence-electron chi connectivity index (χ3n) is 6.97. The van der Waals surface area contributed by atoms with E-state index in [1.807, 2.05) is 60.5 Å². The molecule has 0 saturated carbocycles. The Kier molecular flexibility index (Phi) is 5.89. The van der Waals surface area contributed by atoms with Crippen LogP contribution in [0, 0.1) is 5.82 Å². The minimum absolute atomic E-state index is 0.0778. The summed E-state index contributed by atoms with van der Waals surface area (Å²) in [7, 11) is 0. The topological polar surface area (TPSA) is 87.9 Å². The average molecular weight is 516 g/mol. The van der Waals surface area contributed by atoms with Crippen molar-refractivity contribution >= 4 is 23.5 Å². The third kappa shape index (κ3) is 4.62. The summed E-state index contributed by atoms with van der Waals surface area (Å²) in [6.45, 7) is 7.26. The Morgan fingerprint density at radius 1 is 1.11 bits per heavy atom. The molecule has 6 rings (SSSR count). The van der Waals surface area contributed by atoms with E-state index < -0.39 is 5.60 Å². The summed E-state index contributed by atoms with van der Waals surface area (Å²) in [5, 5.41) is 3.21. The standard InChI is InChI=1S/C28H30FN7O2/c1-28(2,3)38-27(37)36-17-20-13-21(36)16-35(20)26-33-23(14-25-31-10-11-34(25)26)18-8-9-30-24(12-18)32-15-19-6-4-5-7-22(19)29/h4-12,14,20-21H,13,15-17H2,1-3H3,(H,30,32). The van der Waals surface area contributed by atoms with Crippen LogP contribution in [0.15, 0.2) is 61.1 Å². The first-order valence-electron chi connectivity index (χ1n) is 12.8. The Hall–Kier alpha value is -4.21. The number of aromatic nitrogens is 4. The SMILES string of the molecule is CC(C)(C)OC(=O)N1CC2CC1CN2c1nc(-c2ccnc(NCc3ccccc3F)c2)cc2nccn12. The monoisotopic (exact) mass is 515 g/mol. The van der Waals surface area contributed by atoms with Gasteiger partial charge in [0.05, 0.1) is 17.8 Å². The Morgan fingerprint density at radius 3 is 2.71 bits per heavy atom. The van der Waals surface area contributed by atoms with Crippen molar-refractivity contribution in [3.8, 4) is 11.3 Å². The zero-order valence-electron chi connectivity index (χ0n) is 21.6. The molecule has 0 spiro atoms. The number of amides is 1. The molecule has 9 nitrogen and oxygen atoms in total. The average Bonchev–Trinajstić information content (AvgIpc) is 3.63. The highest BCUT2D eigenvalue weighted by Gasteiger charge is 2.47. The lowest BCUT2D eigenvalue weighted by Gasteiger charge is -2.35. The highest BCUT2D eigenvalue weighted by molar-refractivity contribution is 5.71. The second-order valence-corrected chi connectivity index (χ2v) is 10.8. The van der Waals surface area contributed by atoms with E-state index >= 15 is 0 Å². The van der Waals surface area contributed by atoms with Gasteiger partial charge >= 0.3 is 6.09 Å². The molecule has 3 aromatic heterocycles. The molecule has 196 valence electrons. The summed E-state index contributed by atoms with van der Waals surface area (Å²) in [6, 6.07) is 12.7. The van der Waals surface area contributed by atoms with Crippen LogP contribution < -0.4 is 10.2 Å². The third-order valence-corrected chi connectivity index (χ3v) is 6.97. The van der Waals surface area contributed by atoms with Gasteiger partial charge in [0.25, 0.3) is 0 Å². The Labute approximate surface area is 220 Å². The fraction of sp³-hybridized carbons (Fsp3) is 0.357. The molecule has 2 bridgehead atoms. The van der Waals surface area contributed by atoms with Gasteiger partial charge in [-0.15, -0.1) is 0 Å². The lowest BCUT2D eigenvalue weighted by Crippen LogP contribution is -2.50. The van der Waals surface area contributed by atoms with Crippen molar-refractivity contribution in [3.63, 3.8) is 0 Å². The molecule has 1 amide bonds. The Balaban J connectivity index is 1.25. The van der Waals surface area contributed by atoms with E-state index in [1.54, 1.807) is 24.5 Å². The number of ether oxygens (including phenoxy) is 1. The number of rotatable bonds is 5. The smallest absolute Gasteiger partial charge is 0.410 e. The summed E-state index contributed by atoms with van der Waals surface area (Å²) >= 11 is 0. The van der Waals surface area contributed by atoms with Gasteiger partial charge in [0.1, 0.15) is 22.9 Å². The number of hydrogen-bond acceptors (Lipinski definition) is 7. The molecule has 2 saturated heterocycles. The van der Waals surface area contributed by atoms with Gasteiger partial charge in [-0.05, 0) is 45.4 Å². The number of pyridine rings is 1. The number of halogens is 1. The summed E-state index contributed by atoms with van der Waals surface area (Å²) in [6.07, 6.45) is 6.01. The molecule has 2 aliphatic rings. The molecule has 0 radical (unpaired) electrons. The second kappa shape index (κ2) is 9.27. The maximum Gasteiger partial charge on any atom is 0.410 e. The van der Waals surface area contributed by atoms with Crippen molar-refractivity contribution in [1.82, 2.24) is 24.3 Å².